The maximum atomic E-state index is 6.19. The van der Waals surface area contributed by atoms with Gasteiger partial charge in [0.25, 0.3) is 0 Å². The lowest BCUT2D eigenvalue weighted by molar-refractivity contribution is 0.526. The molecule has 0 saturated heterocycles. The topological polar surface area (TPSA) is 63.8 Å². The Labute approximate surface area is 107 Å². The van der Waals surface area contributed by atoms with Crippen LogP contribution in [0.25, 0.3) is 0 Å². The Balaban J connectivity index is 2.02. The maximum absolute atomic E-state index is 6.19. The van der Waals surface area contributed by atoms with Crippen molar-refractivity contribution in [3.8, 4) is 0 Å². The molecule has 1 fully saturated rings. The number of thioether (sulfide) groups is 1. The fourth-order valence-corrected chi connectivity index (χ4v) is 2.62. The average molecular weight is 252 g/mol. The molecule has 1 aliphatic rings. The fourth-order valence-electron chi connectivity index (χ4n) is 2.24. The predicted molar refractivity (Wildman–Crippen MR) is 72.3 cm³/mol. The van der Waals surface area contributed by atoms with Crippen molar-refractivity contribution in [1.82, 2.24) is 9.97 Å². The van der Waals surface area contributed by atoms with E-state index >= 15 is 0 Å². The summed E-state index contributed by atoms with van der Waals surface area (Å²) in [6, 6.07) is 2.58. The van der Waals surface area contributed by atoms with Crippen LogP contribution in [0.3, 0.4) is 0 Å². The van der Waals surface area contributed by atoms with Gasteiger partial charge in [-0.15, -0.1) is 11.8 Å². The average Bonchev–Trinajstić information content (AvgIpc) is 2.55. The molecule has 1 aliphatic carbocycles. The first kappa shape index (κ1) is 12.6. The normalized spacial score (nSPS) is 25.3. The van der Waals surface area contributed by atoms with E-state index in [1.165, 1.54) is 19.3 Å². The number of hydrogen-bond donors (Lipinski definition) is 2. The third kappa shape index (κ3) is 3.57. The molecular weight excluding hydrogens is 232 g/mol. The Kier molecular flexibility index (Phi) is 4.62. The molecule has 1 saturated carbocycles. The fraction of sp³-hybridized carbons (Fsp3) is 0.667. The van der Waals surface area contributed by atoms with Crippen LogP contribution in [0.4, 0.5) is 5.82 Å². The number of anilines is 1. The molecule has 0 aromatic carbocycles. The van der Waals surface area contributed by atoms with Crippen molar-refractivity contribution >= 4 is 17.6 Å². The standard InChI is InChI=1S/C12H20N4S/c1-17-12-7-11(14-8-15-12)16-10-6-4-2-3-5-9(10)13/h7-10H,2-6,13H2,1H3,(H,14,15,16). The van der Waals surface area contributed by atoms with E-state index in [1.807, 2.05) is 12.3 Å². The minimum atomic E-state index is 0.241. The molecule has 4 nitrogen and oxygen atoms in total. The van der Waals surface area contributed by atoms with Crippen LogP contribution in [0.1, 0.15) is 32.1 Å². The number of nitrogens with one attached hydrogen (secondary N) is 1. The van der Waals surface area contributed by atoms with Crippen LogP contribution in [0.15, 0.2) is 17.4 Å². The third-order valence-electron chi connectivity index (χ3n) is 3.25. The summed E-state index contributed by atoms with van der Waals surface area (Å²) in [7, 11) is 0. The molecule has 0 spiro atoms. The zero-order valence-corrected chi connectivity index (χ0v) is 11.0. The van der Waals surface area contributed by atoms with Crippen molar-refractivity contribution < 1.29 is 0 Å². The van der Waals surface area contributed by atoms with Crippen LogP contribution in [0.2, 0.25) is 0 Å². The first-order valence-electron chi connectivity index (χ1n) is 6.18. The van der Waals surface area contributed by atoms with Crippen LogP contribution >= 0.6 is 11.8 Å². The van der Waals surface area contributed by atoms with Gasteiger partial charge in [-0.25, -0.2) is 9.97 Å². The van der Waals surface area contributed by atoms with Gasteiger partial charge in [-0.3, -0.25) is 0 Å². The lowest BCUT2D eigenvalue weighted by atomic mass is 10.0. The molecule has 0 aliphatic heterocycles. The van der Waals surface area contributed by atoms with E-state index < -0.39 is 0 Å². The Morgan fingerprint density at radius 2 is 2.12 bits per heavy atom. The molecule has 0 radical (unpaired) electrons. The summed E-state index contributed by atoms with van der Waals surface area (Å²) >= 11 is 1.63. The highest BCUT2D eigenvalue weighted by molar-refractivity contribution is 7.98. The van der Waals surface area contributed by atoms with Crippen LogP contribution in [-0.4, -0.2) is 28.3 Å². The van der Waals surface area contributed by atoms with E-state index in [0.717, 1.165) is 23.7 Å². The Bertz CT molecular complexity index is 358. The van der Waals surface area contributed by atoms with Gasteiger partial charge in [-0.1, -0.05) is 19.3 Å². The number of nitrogens with zero attached hydrogens (tertiary/aromatic N) is 2. The van der Waals surface area contributed by atoms with Crippen molar-refractivity contribution in [3.05, 3.63) is 12.4 Å². The smallest absolute Gasteiger partial charge is 0.130 e. The van der Waals surface area contributed by atoms with E-state index in [0.29, 0.717) is 6.04 Å². The van der Waals surface area contributed by atoms with Gasteiger partial charge < -0.3 is 11.1 Å². The van der Waals surface area contributed by atoms with E-state index in [2.05, 4.69) is 15.3 Å². The van der Waals surface area contributed by atoms with Gasteiger partial charge in [-0.05, 0) is 19.1 Å². The highest BCUT2D eigenvalue weighted by Crippen LogP contribution is 2.21. The van der Waals surface area contributed by atoms with Gasteiger partial charge in [0.05, 0.1) is 0 Å². The summed E-state index contributed by atoms with van der Waals surface area (Å²) in [5.41, 5.74) is 6.19. The van der Waals surface area contributed by atoms with E-state index in [9.17, 15) is 0 Å². The summed E-state index contributed by atoms with van der Waals surface area (Å²) in [4.78, 5) is 8.42. The Morgan fingerprint density at radius 1 is 1.29 bits per heavy atom. The Hall–Kier alpha value is -0.810. The molecule has 5 heteroatoms. The number of rotatable bonds is 3. The number of hydrogen-bond acceptors (Lipinski definition) is 5. The first-order chi connectivity index (χ1) is 8.29. The molecule has 1 aromatic heterocycles. The van der Waals surface area contributed by atoms with E-state index in [4.69, 9.17) is 5.73 Å². The third-order valence-corrected chi connectivity index (χ3v) is 3.90. The SMILES string of the molecule is CSc1cc(NC2CCCCCC2N)ncn1. The summed E-state index contributed by atoms with van der Waals surface area (Å²) in [6.07, 6.45) is 9.68. The van der Waals surface area contributed by atoms with Crippen molar-refractivity contribution in [1.29, 1.82) is 0 Å². The molecule has 2 atom stereocenters. The molecule has 17 heavy (non-hydrogen) atoms. The summed E-state index contributed by atoms with van der Waals surface area (Å²) < 4.78 is 0. The molecule has 1 heterocycles. The zero-order valence-electron chi connectivity index (χ0n) is 10.2. The second kappa shape index (κ2) is 6.21. The molecular formula is C12H20N4S. The Morgan fingerprint density at radius 3 is 2.94 bits per heavy atom. The molecule has 94 valence electrons. The van der Waals surface area contributed by atoms with Crippen LogP contribution in [0.5, 0.6) is 0 Å². The van der Waals surface area contributed by atoms with Crippen molar-refractivity contribution in [2.45, 2.75) is 49.2 Å². The second-order valence-electron chi connectivity index (χ2n) is 4.50. The minimum Gasteiger partial charge on any atom is -0.366 e. The maximum Gasteiger partial charge on any atom is 0.130 e. The summed E-state index contributed by atoms with van der Waals surface area (Å²) in [5, 5.41) is 4.45. The largest absolute Gasteiger partial charge is 0.366 e. The number of aromatic nitrogens is 2. The van der Waals surface area contributed by atoms with Crippen LogP contribution in [0, 0.1) is 0 Å². The van der Waals surface area contributed by atoms with Crippen molar-refractivity contribution in [2.75, 3.05) is 11.6 Å². The van der Waals surface area contributed by atoms with Gasteiger partial charge in [-0.2, -0.15) is 0 Å². The van der Waals surface area contributed by atoms with Gasteiger partial charge in [0, 0.05) is 18.2 Å². The van der Waals surface area contributed by atoms with Gasteiger partial charge in [0.15, 0.2) is 0 Å². The summed E-state index contributed by atoms with van der Waals surface area (Å²) in [5.74, 6) is 0.895. The highest BCUT2D eigenvalue weighted by atomic mass is 32.2. The van der Waals surface area contributed by atoms with Gasteiger partial charge in [0.2, 0.25) is 0 Å². The monoisotopic (exact) mass is 252 g/mol. The molecule has 1 aromatic rings. The van der Waals surface area contributed by atoms with E-state index in [1.54, 1.807) is 18.1 Å². The lowest BCUT2D eigenvalue weighted by Gasteiger charge is -2.23. The van der Waals surface area contributed by atoms with Crippen molar-refractivity contribution in [2.24, 2.45) is 5.73 Å². The van der Waals surface area contributed by atoms with Crippen LogP contribution < -0.4 is 11.1 Å². The number of nitrogens with two attached hydrogens (primary N) is 1. The second-order valence-corrected chi connectivity index (χ2v) is 5.32. The van der Waals surface area contributed by atoms with Gasteiger partial charge in [0.1, 0.15) is 17.2 Å². The quantitative estimate of drug-likeness (QED) is 0.491. The zero-order chi connectivity index (χ0) is 12.1. The lowest BCUT2D eigenvalue weighted by Crippen LogP contribution is -2.39. The van der Waals surface area contributed by atoms with Gasteiger partial charge >= 0.3 is 0 Å². The highest BCUT2D eigenvalue weighted by Gasteiger charge is 2.20. The predicted octanol–water partition coefficient (Wildman–Crippen LogP) is 2.27. The molecule has 2 unspecified atom stereocenters. The molecule has 3 N–H and O–H groups in total. The first-order valence-corrected chi connectivity index (χ1v) is 7.40. The molecule has 0 amide bonds. The van der Waals surface area contributed by atoms with Crippen LogP contribution in [-0.2, 0) is 0 Å². The van der Waals surface area contributed by atoms with Crippen molar-refractivity contribution in [3.63, 3.8) is 0 Å². The summed E-state index contributed by atoms with van der Waals surface area (Å²) in [6.45, 7) is 0. The van der Waals surface area contributed by atoms with E-state index in [-0.39, 0.29) is 6.04 Å². The molecule has 2 rings (SSSR count). The molecule has 0 bridgehead atoms. The minimum absolute atomic E-state index is 0.241.